The van der Waals surface area contributed by atoms with Crippen molar-refractivity contribution in [2.45, 2.75) is 25.9 Å². The summed E-state index contributed by atoms with van der Waals surface area (Å²) < 4.78 is 0. The molecule has 0 aromatic carbocycles. The molecule has 1 aromatic rings. The monoisotopic (exact) mass is 237 g/mol. The second-order valence-corrected chi connectivity index (χ2v) is 3.80. The fourth-order valence-electron chi connectivity index (χ4n) is 1.31. The molecule has 0 bridgehead atoms. The summed E-state index contributed by atoms with van der Waals surface area (Å²) in [5.74, 6) is -1.36. The molecule has 6 nitrogen and oxygen atoms in total. The first kappa shape index (κ1) is 13.1. The standard InChI is InChI=1S/C11H15N3O3/c1-7(4-10(12)15)13-6-9-3-2-8(5-14-9)11(16)17/h2-3,5,7,13H,4,6H2,1H3,(H2,12,15)(H,16,17). The predicted octanol–water partition coefficient (Wildman–Crippen LogP) is 0.133. The van der Waals surface area contributed by atoms with Gasteiger partial charge in [0.05, 0.1) is 11.3 Å². The Morgan fingerprint density at radius 2 is 2.24 bits per heavy atom. The number of nitrogens with two attached hydrogens (primary N) is 1. The minimum absolute atomic E-state index is 0.0338. The van der Waals surface area contributed by atoms with Gasteiger partial charge < -0.3 is 16.2 Å². The molecule has 0 aliphatic heterocycles. The third-order valence-electron chi connectivity index (χ3n) is 2.21. The number of hydrogen-bond acceptors (Lipinski definition) is 4. The number of hydrogen-bond donors (Lipinski definition) is 3. The molecule has 0 aliphatic carbocycles. The molecule has 0 spiro atoms. The molecular formula is C11H15N3O3. The van der Waals surface area contributed by atoms with Crippen molar-refractivity contribution in [3.63, 3.8) is 0 Å². The molecule has 92 valence electrons. The van der Waals surface area contributed by atoms with Crippen LogP contribution in [0.15, 0.2) is 18.3 Å². The highest BCUT2D eigenvalue weighted by Gasteiger charge is 2.06. The van der Waals surface area contributed by atoms with E-state index in [0.29, 0.717) is 12.2 Å². The Labute approximate surface area is 98.8 Å². The summed E-state index contributed by atoms with van der Waals surface area (Å²) in [6.07, 6.45) is 1.56. The van der Waals surface area contributed by atoms with E-state index in [1.165, 1.54) is 12.3 Å². The Morgan fingerprint density at radius 1 is 1.53 bits per heavy atom. The average molecular weight is 237 g/mol. The first-order chi connectivity index (χ1) is 7.99. The van der Waals surface area contributed by atoms with Crippen molar-refractivity contribution in [3.8, 4) is 0 Å². The van der Waals surface area contributed by atoms with E-state index in [2.05, 4.69) is 10.3 Å². The molecule has 1 heterocycles. The van der Waals surface area contributed by atoms with Gasteiger partial charge in [0.1, 0.15) is 0 Å². The topological polar surface area (TPSA) is 105 Å². The number of aromatic nitrogens is 1. The maximum Gasteiger partial charge on any atom is 0.337 e. The summed E-state index contributed by atoms with van der Waals surface area (Å²) in [4.78, 5) is 25.2. The molecule has 1 amide bonds. The molecule has 0 saturated carbocycles. The molecular weight excluding hydrogens is 222 g/mol. The number of carboxylic acids is 1. The van der Waals surface area contributed by atoms with Crippen LogP contribution >= 0.6 is 0 Å². The maximum atomic E-state index is 10.6. The number of carbonyl (C=O) groups is 2. The highest BCUT2D eigenvalue weighted by Crippen LogP contribution is 2.01. The van der Waals surface area contributed by atoms with Crippen molar-refractivity contribution < 1.29 is 14.7 Å². The second kappa shape index (κ2) is 5.95. The minimum atomic E-state index is -1.00. The summed E-state index contributed by atoms with van der Waals surface area (Å²) >= 11 is 0. The van der Waals surface area contributed by atoms with Crippen LogP contribution in [0.2, 0.25) is 0 Å². The molecule has 6 heteroatoms. The van der Waals surface area contributed by atoms with Gasteiger partial charge in [-0.1, -0.05) is 0 Å². The van der Waals surface area contributed by atoms with E-state index >= 15 is 0 Å². The SMILES string of the molecule is CC(CC(N)=O)NCc1ccc(C(=O)O)cn1. The highest BCUT2D eigenvalue weighted by atomic mass is 16.4. The van der Waals surface area contributed by atoms with E-state index in [1.807, 2.05) is 6.92 Å². The number of nitrogens with one attached hydrogen (secondary N) is 1. The number of carboxylic acid groups (broad SMARTS) is 1. The molecule has 1 atom stereocenters. The molecule has 0 radical (unpaired) electrons. The lowest BCUT2D eigenvalue weighted by Crippen LogP contribution is -2.30. The molecule has 1 aromatic heterocycles. The van der Waals surface area contributed by atoms with Gasteiger partial charge in [-0.2, -0.15) is 0 Å². The zero-order valence-corrected chi connectivity index (χ0v) is 9.51. The Kier molecular flexibility index (Phi) is 4.59. The summed E-state index contributed by atoms with van der Waals surface area (Å²) in [5, 5.41) is 11.8. The normalized spacial score (nSPS) is 12.1. The number of pyridine rings is 1. The van der Waals surface area contributed by atoms with Gasteiger partial charge in [-0.15, -0.1) is 0 Å². The van der Waals surface area contributed by atoms with Crippen molar-refractivity contribution in [1.29, 1.82) is 0 Å². The van der Waals surface area contributed by atoms with Crippen molar-refractivity contribution in [1.82, 2.24) is 10.3 Å². The molecule has 0 fully saturated rings. The second-order valence-electron chi connectivity index (χ2n) is 3.80. The molecule has 17 heavy (non-hydrogen) atoms. The average Bonchev–Trinajstić information content (AvgIpc) is 2.26. The number of primary amides is 1. The van der Waals surface area contributed by atoms with Crippen LogP contribution < -0.4 is 11.1 Å². The zero-order valence-electron chi connectivity index (χ0n) is 9.51. The van der Waals surface area contributed by atoms with Crippen molar-refractivity contribution >= 4 is 11.9 Å². The molecule has 4 N–H and O–H groups in total. The molecule has 1 unspecified atom stereocenters. The van der Waals surface area contributed by atoms with E-state index in [0.717, 1.165) is 0 Å². The van der Waals surface area contributed by atoms with E-state index in [-0.39, 0.29) is 23.9 Å². The fourth-order valence-corrected chi connectivity index (χ4v) is 1.31. The number of rotatable bonds is 6. The Balaban J connectivity index is 2.47. The quantitative estimate of drug-likeness (QED) is 0.652. The molecule has 0 aliphatic rings. The van der Waals surface area contributed by atoms with Crippen LogP contribution in [0.25, 0.3) is 0 Å². The third-order valence-corrected chi connectivity index (χ3v) is 2.21. The first-order valence-corrected chi connectivity index (χ1v) is 5.19. The van der Waals surface area contributed by atoms with Gasteiger partial charge in [-0.25, -0.2) is 4.79 Å². The van der Waals surface area contributed by atoms with Crippen molar-refractivity contribution in [3.05, 3.63) is 29.6 Å². The maximum absolute atomic E-state index is 10.6. The first-order valence-electron chi connectivity index (χ1n) is 5.19. The third kappa shape index (κ3) is 4.60. The van der Waals surface area contributed by atoms with Crippen LogP contribution in [-0.2, 0) is 11.3 Å². The summed E-state index contributed by atoms with van der Waals surface area (Å²) in [7, 11) is 0. The van der Waals surface area contributed by atoms with E-state index < -0.39 is 5.97 Å². The van der Waals surface area contributed by atoms with Crippen molar-refractivity contribution in [2.24, 2.45) is 5.73 Å². The Bertz CT molecular complexity index is 403. The van der Waals surface area contributed by atoms with Crippen LogP contribution in [0.4, 0.5) is 0 Å². The lowest BCUT2D eigenvalue weighted by Gasteiger charge is -2.11. The smallest absolute Gasteiger partial charge is 0.337 e. The number of carbonyl (C=O) groups excluding carboxylic acids is 1. The van der Waals surface area contributed by atoms with Crippen molar-refractivity contribution in [2.75, 3.05) is 0 Å². The van der Waals surface area contributed by atoms with Gasteiger partial charge in [0.25, 0.3) is 0 Å². The molecule has 0 saturated heterocycles. The van der Waals surface area contributed by atoms with Gasteiger partial charge in [-0.05, 0) is 19.1 Å². The van der Waals surface area contributed by atoms with Gasteiger partial charge in [0.2, 0.25) is 5.91 Å². The van der Waals surface area contributed by atoms with E-state index in [4.69, 9.17) is 10.8 Å². The van der Waals surface area contributed by atoms with Gasteiger partial charge in [0.15, 0.2) is 0 Å². The summed E-state index contributed by atoms with van der Waals surface area (Å²) in [6.45, 7) is 2.31. The summed E-state index contributed by atoms with van der Waals surface area (Å²) in [5.41, 5.74) is 5.92. The minimum Gasteiger partial charge on any atom is -0.478 e. The van der Waals surface area contributed by atoms with Gasteiger partial charge in [0, 0.05) is 25.2 Å². The molecule has 1 rings (SSSR count). The lowest BCUT2D eigenvalue weighted by molar-refractivity contribution is -0.118. The Hall–Kier alpha value is -1.95. The number of nitrogens with zero attached hydrogens (tertiary/aromatic N) is 1. The van der Waals surface area contributed by atoms with Crippen LogP contribution in [0.5, 0.6) is 0 Å². The summed E-state index contributed by atoms with van der Waals surface area (Å²) in [6, 6.07) is 3.09. The predicted molar refractivity (Wildman–Crippen MR) is 61.3 cm³/mol. The van der Waals surface area contributed by atoms with Crippen LogP contribution in [0.3, 0.4) is 0 Å². The van der Waals surface area contributed by atoms with Gasteiger partial charge in [-0.3, -0.25) is 9.78 Å². The Morgan fingerprint density at radius 3 is 2.71 bits per heavy atom. The number of amides is 1. The van der Waals surface area contributed by atoms with E-state index in [1.54, 1.807) is 6.07 Å². The van der Waals surface area contributed by atoms with Crippen LogP contribution in [0, 0.1) is 0 Å². The van der Waals surface area contributed by atoms with Crippen LogP contribution in [0.1, 0.15) is 29.4 Å². The zero-order chi connectivity index (χ0) is 12.8. The number of aromatic carboxylic acids is 1. The fraction of sp³-hybridized carbons (Fsp3) is 0.364. The largest absolute Gasteiger partial charge is 0.478 e. The van der Waals surface area contributed by atoms with E-state index in [9.17, 15) is 9.59 Å². The highest BCUT2D eigenvalue weighted by molar-refractivity contribution is 5.87. The lowest BCUT2D eigenvalue weighted by atomic mass is 10.2. The van der Waals surface area contributed by atoms with Crippen LogP contribution in [-0.4, -0.2) is 28.0 Å². The van der Waals surface area contributed by atoms with Gasteiger partial charge >= 0.3 is 5.97 Å².